The van der Waals surface area contributed by atoms with E-state index in [0.717, 1.165) is 4.47 Å². The number of benzene rings is 3. The third kappa shape index (κ3) is 5.82. The number of ether oxygens (including phenoxy) is 1. The molecule has 0 aliphatic carbocycles. The summed E-state index contributed by atoms with van der Waals surface area (Å²) in [4.78, 5) is 12.4. The maximum absolute atomic E-state index is 12.6. The summed E-state index contributed by atoms with van der Waals surface area (Å²) in [5.74, 6) is 0.189. The predicted molar refractivity (Wildman–Crippen MR) is 117 cm³/mol. The molecule has 3 rings (SSSR count). The number of hydrogen-bond acceptors (Lipinski definition) is 4. The van der Waals surface area contributed by atoms with Crippen LogP contribution >= 0.6 is 15.9 Å². The van der Waals surface area contributed by atoms with Gasteiger partial charge in [-0.25, -0.2) is 8.42 Å². The summed E-state index contributed by atoms with van der Waals surface area (Å²) in [5, 5.41) is 2.68. The molecule has 0 aliphatic heterocycles. The van der Waals surface area contributed by atoms with Crippen molar-refractivity contribution in [2.45, 2.75) is 17.9 Å². The van der Waals surface area contributed by atoms with Gasteiger partial charge < -0.3 is 10.1 Å². The quantitative estimate of drug-likeness (QED) is 0.521. The zero-order chi connectivity index (χ0) is 20.9. The van der Waals surface area contributed by atoms with Crippen molar-refractivity contribution < 1.29 is 17.9 Å². The van der Waals surface area contributed by atoms with E-state index in [9.17, 15) is 13.2 Å². The van der Waals surface area contributed by atoms with E-state index in [1.807, 2.05) is 18.2 Å². The molecule has 0 aromatic heterocycles. The van der Waals surface area contributed by atoms with Crippen molar-refractivity contribution in [3.05, 3.63) is 83.3 Å². The maximum atomic E-state index is 12.6. The average molecular weight is 475 g/mol. The lowest BCUT2D eigenvalue weighted by Gasteiger charge is -2.15. The Balaban J connectivity index is 1.69. The van der Waals surface area contributed by atoms with Gasteiger partial charge in [0, 0.05) is 15.8 Å². The molecular formula is C21H19BrN2O4S. The predicted octanol–water partition coefficient (Wildman–Crippen LogP) is 4.66. The average Bonchev–Trinajstić information content (AvgIpc) is 2.70. The number of carbonyl (C=O) groups is 1. The van der Waals surface area contributed by atoms with Gasteiger partial charge in [0.25, 0.3) is 15.9 Å². The van der Waals surface area contributed by atoms with Crippen molar-refractivity contribution in [2.24, 2.45) is 0 Å². The Bertz CT molecular complexity index is 1090. The molecule has 0 saturated heterocycles. The fourth-order valence-corrected chi connectivity index (χ4v) is 3.84. The van der Waals surface area contributed by atoms with Crippen LogP contribution in [0.2, 0.25) is 0 Å². The number of nitrogens with one attached hydrogen (secondary N) is 2. The third-order valence-electron chi connectivity index (χ3n) is 3.93. The summed E-state index contributed by atoms with van der Waals surface area (Å²) in [7, 11) is -3.80. The van der Waals surface area contributed by atoms with E-state index >= 15 is 0 Å². The van der Waals surface area contributed by atoms with Gasteiger partial charge in [-0.3, -0.25) is 9.52 Å². The molecule has 29 heavy (non-hydrogen) atoms. The van der Waals surface area contributed by atoms with Gasteiger partial charge in [0.2, 0.25) is 0 Å². The Morgan fingerprint density at radius 1 is 0.931 bits per heavy atom. The van der Waals surface area contributed by atoms with Crippen LogP contribution in [0.15, 0.2) is 88.2 Å². The summed E-state index contributed by atoms with van der Waals surface area (Å²) in [6.45, 7) is 1.62. The summed E-state index contributed by atoms with van der Waals surface area (Å²) < 4.78 is 34.2. The fraction of sp³-hybridized carbons (Fsp3) is 0.0952. The molecule has 0 spiro atoms. The highest BCUT2D eigenvalue weighted by Gasteiger charge is 2.18. The molecule has 0 aliphatic rings. The summed E-state index contributed by atoms with van der Waals surface area (Å²) >= 11 is 3.31. The molecule has 0 heterocycles. The van der Waals surface area contributed by atoms with Crippen LogP contribution < -0.4 is 14.8 Å². The largest absolute Gasteiger partial charge is 0.481 e. The smallest absolute Gasteiger partial charge is 0.265 e. The van der Waals surface area contributed by atoms with Crippen LogP contribution in [0.1, 0.15) is 6.92 Å². The highest BCUT2D eigenvalue weighted by atomic mass is 79.9. The molecular weight excluding hydrogens is 456 g/mol. The van der Waals surface area contributed by atoms with E-state index in [-0.39, 0.29) is 10.8 Å². The van der Waals surface area contributed by atoms with Gasteiger partial charge in [-0.05, 0) is 61.5 Å². The second-order valence-corrected chi connectivity index (χ2v) is 8.80. The van der Waals surface area contributed by atoms with Crippen molar-refractivity contribution in [3.63, 3.8) is 0 Å². The Labute approximate surface area is 178 Å². The number of anilines is 2. The molecule has 3 aromatic rings. The number of para-hydroxylation sites is 1. The van der Waals surface area contributed by atoms with Crippen LogP contribution in [0.5, 0.6) is 5.75 Å². The highest BCUT2D eigenvalue weighted by Crippen LogP contribution is 2.21. The van der Waals surface area contributed by atoms with Gasteiger partial charge in [-0.15, -0.1) is 0 Å². The standard InChI is InChI=1S/C21H19BrN2O4S/c1-15(28-19-7-3-2-4-8-19)21(25)23-18-6-5-9-20(14-18)29(26,27)24-17-12-10-16(22)11-13-17/h2-15,24H,1H3,(H,23,25). The first-order valence-corrected chi connectivity index (χ1v) is 11.0. The summed E-state index contributed by atoms with van der Waals surface area (Å²) in [6.07, 6.45) is -0.751. The molecule has 8 heteroatoms. The van der Waals surface area contributed by atoms with Crippen molar-refractivity contribution in [1.29, 1.82) is 0 Å². The summed E-state index contributed by atoms with van der Waals surface area (Å²) in [5.41, 5.74) is 0.796. The normalized spacial score (nSPS) is 12.1. The van der Waals surface area contributed by atoms with Gasteiger partial charge in [0.05, 0.1) is 4.90 Å². The first kappa shape index (κ1) is 20.9. The van der Waals surface area contributed by atoms with Crippen LogP contribution in [-0.2, 0) is 14.8 Å². The minimum atomic E-state index is -3.80. The van der Waals surface area contributed by atoms with Crippen molar-refractivity contribution in [3.8, 4) is 5.75 Å². The molecule has 2 N–H and O–H groups in total. The lowest BCUT2D eigenvalue weighted by molar-refractivity contribution is -0.122. The Morgan fingerprint density at radius 3 is 2.31 bits per heavy atom. The third-order valence-corrected chi connectivity index (χ3v) is 5.84. The lowest BCUT2D eigenvalue weighted by Crippen LogP contribution is -2.30. The zero-order valence-corrected chi connectivity index (χ0v) is 17.9. The molecule has 0 saturated carbocycles. The van der Waals surface area contributed by atoms with Crippen LogP contribution in [0.3, 0.4) is 0 Å². The minimum absolute atomic E-state index is 0.0369. The first-order valence-electron chi connectivity index (χ1n) is 8.74. The highest BCUT2D eigenvalue weighted by molar-refractivity contribution is 9.10. The van der Waals surface area contributed by atoms with E-state index in [1.54, 1.807) is 55.5 Å². The first-order chi connectivity index (χ1) is 13.8. The Morgan fingerprint density at radius 2 is 1.62 bits per heavy atom. The van der Waals surface area contributed by atoms with E-state index in [0.29, 0.717) is 17.1 Å². The Hall–Kier alpha value is -2.84. The van der Waals surface area contributed by atoms with Crippen molar-refractivity contribution in [1.82, 2.24) is 0 Å². The molecule has 1 amide bonds. The molecule has 0 bridgehead atoms. The van der Waals surface area contributed by atoms with E-state index in [1.165, 1.54) is 12.1 Å². The second kappa shape index (κ2) is 9.11. The molecule has 6 nitrogen and oxygen atoms in total. The molecule has 1 atom stereocenters. The van der Waals surface area contributed by atoms with Crippen molar-refractivity contribution >= 4 is 43.2 Å². The second-order valence-electron chi connectivity index (χ2n) is 6.20. The molecule has 0 radical (unpaired) electrons. The Kier molecular flexibility index (Phi) is 6.56. The van der Waals surface area contributed by atoms with E-state index < -0.39 is 16.1 Å². The number of amides is 1. The number of hydrogen-bond donors (Lipinski definition) is 2. The number of rotatable bonds is 7. The van der Waals surface area contributed by atoms with E-state index in [2.05, 4.69) is 26.0 Å². The van der Waals surface area contributed by atoms with Crippen LogP contribution in [-0.4, -0.2) is 20.4 Å². The fourth-order valence-electron chi connectivity index (χ4n) is 2.47. The lowest BCUT2D eigenvalue weighted by atomic mass is 10.3. The van der Waals surface area contributed by atoms with Gasteiger partial charge in [-0.1, -0.05) is 40.2 Å². The SMILES string of the molecule is CC(Oc1ccccc1)C(=O)Nc1cccc(S(=O)(=O)Nc2ccc(Br)cc2)c1. The molecule has 1 unspecified atom stereocenters. The van der Waals surface area contributed by atoms with Gasteiger partial charge in [0.1, 0.15) is 5.75 Å². The molecule has 3 aromatic carbocycles. The van der Waals surface area contributed by atoms with Gasteiger partial charge in [0.15, 0.2) is 6.10 Å². The summed E-state index contributed by atoms with van der Waals surface area (Å²) in [6, 6.07) is 21.8. The van der Waals surface area contributed by atoms with Crippen LogP contribution in [0, 0.1) is 0 Å². The number of sulfonamides is 1. The zero-order valence-electron chi connectivity index (χ0n) is 15.5. The maximum Gasteiger partial charge on any atom is 0.265 e. The minimum Gasteiger partial charge on any atom is -0.481 e. The van der Waals surface area contributed by atoms with Gasteiger partial charge in [-0.2, -0.15) is 0 Å². The number of halogens is 1. The van der Waals surface area contributed by atoms with Gasteiger partial charge >= 0.3 is 0 Å². The van der Waals surface area contributed by atoms with Crippen LogP contribution in [0.4, 0.5) is 11.4 Å². The van der Waals surface area contributed by atoms with Crippen LogP contribution in [0.25, 0.3) is 0 Å². The topological polar surface area (TPSA) is 84.5 Å². The molecule has 150 valence electrons. The van der Waals surface area contributed by atoms with Crippen molar-refractivity contribution in [2.75, 3.05) is 10.0 Å². The monoisotopic (exact) mass is 474 g/mol. The molecule has 0 fully saturated rings. The van der Waals surface area contributed by atoms with E-state index in [4.69, 9.17) is 4.74 Å². The number of carbonyl (C=O) groups excluding carboxylic acids is 1.